The summed E-state index contributed by atoms with van der Waals surface area (Å²) in [6, 6.07) is 15.3. The van der Waals surface area contributed by atoms with E-state index in [4.69, 9.17) is 5.11 Å². The molecule has 1 heterocycles. The molecule has 6 nitrogen and oxygen atoms in total. The number of carboxylic acids is 1. The molecule has 24 heavy (non-hydrogen) atoms. The SMILES string of the molecule is CN(Cc1ccccc1)Cc1cccc2nc(C(=O)O)[nH]c(=O)c12. The number of nitrogens with zero attached hydrogens (tertiary/aromatic N) is 2. The Labute approximate surface area is 138 Å². The Bertz CT molecular complexity index is 935. The topological polar surface area (TPSA) is 86.3 Å². The average molecular weight is 323 g/mol. The molecule has 0 fully saturated rings. The smallest absolute Gasteiger partial charge is 0.372 e. The summed E-state index contributed by atoms with van der Waals surface area (Å²) in [6.07, 6.45) is 0. The van der Waals surface area contributed by atoms with Gasteiger partial charge in [-0.15, -0.1) is 0 Å². The third kappa shape index (κ3) is 3.33. The molecule has 2 N–H and O–H groups in total. The second-order valence-electron chi connectivity index (χ2n) is 5.69. The quantitative estimate of drug-likeness (QED) is 0.752. The lowest BCUT2D eigenvalue weighted by Crippen LogP contribution is -2.21. The summed E-state index contributed by atoms with van der Waals surface area (Å²) in [4.78, 5) is 31.7. The summed E-state index contributed by atoms with van der Waals surface area (Å²) in [5.41, 5.74) is 1.96. The zero-order valence-electron chi connectivity index (χ0n) is 13.2. The molecule has 6 heteroatoms. The summed E-state index contributed by atoms with van der Waals surface area (Å²) in [5, 5.41) is 9.44. The molecule has 3 aromatic rings. The van der Waals surface area contributed by atoms with Gasteiger partial charge in [-0.1, -0.05) is 42.5 Å². The number of rotatable bonds is 5. The number of carbonyl (C=O) groups is 1. The van der Waals surface area contributed by atoms with E-state index in [-0.39, 0.29) is 5.82 Å². The van der Waals surface area contributed by atoms with Crippen molar-refractivity contribution in [2.45, 2.75) is 13.1 Å². The van der Waals surface area contributed by atoms with E-state index in [9.17, 15) is 9.59 Å². The molecule has 1 aromatic heterocycles. The lowest BCUT2D eigenvalue weighted by Gasteiger charge is -2.17. The minimum atomic E-state index is -1.25. The first kappa shape index (κ1) is 15.9. The number of nitrogens with one attached hydrogen (secondary N) is 1. The van der Waals surface area contributed by atoms with Crippen molar-refractivity contribution in [1.82, 2.24) is 14.9 Å². The van der Waals surface area contributed by atoms with E-state index in [1.807, 2.05) is 43.4 Å². The minimum Gasteiger partial charge on any atom is -0.475 e. The standard InChI is InChI=1S/C18H17N3O3/c1-21(10-12-6-3-2-4-7-12)11-13-8-5-9-14-15(13)17(22)20-16(19-14)18(23)24/h2-9H,10-11H2,1H3,(H,23,24)(H,19,20,22). The Morgan fingerprint density at radius 2 is 1.88 bits per heavy atom. The van der Waals surface area contributed by atoms with Gasteiger partial charge in [-0.25, -0.2) is 9.78 Å². The summed E-state index contributed by atoms with van der Waals surface area (Å²) >= 11 is 0. The number of aromatic nitrogens is 2. The van der Waals surface area contributed by atoms with Gasteiger partial charge in [0.25, 0.3) is 5.56 Å². The summed E-state index contributed by atoms with van der Waals surface area (Å²) in [6.45, 7) is 1.30. The Balaban J connectivity index is 1.92. The van der Waals surface area contributed by atoms with Crippen molar-refractivity contribution in [2.75, 3.05) is 7.05 Å². The minimum absolute atomic E-state index is 0.345. The maximum Gasteiger partial charge on any atom is 0.372 e. The van der Waals surface area contributed by atoms with Gasteiger partial charge >= 0.3 is 5.97 Å². The van der Waals surface area contributed by atoms with Crippen LogP contribution in [0.5, 0.6) is 0 Å². The van der Waals surface area contributed by atoms with E-state index in [2.05, 4.69) is 14.9 Å². The first-order chi connectivity index (χ1) is 11.5. The molecule has 2 aromatic carbocycles. The van der Waals surface area contributed by atoms with Gasteiger partial charge in [0.05, 0.1) is 10.9 Å². The second-order valence-corrected chi connectivity index (χ2v) is 5.69. The van der Waals surface area contributed by atoms with Gasteiger partial charge < -0.3 is 10.1 Å². The normalized spacial score (nSPS) is 11.1. The van der Waals surface area contributed by atoms with Crippen molar-refractivity contribution < 1.29 is 9.90 Å². The first-order valence-electron chi connectivity index (χ1n) is 7.52. The van der Waals surface area contributed by atoms with Crippen molar-refractivity contribution in [3.63, 3.8) is 0 Å². The van der Waals surface area contributed by atoms with Gasteiger partial charge in [0, 0.05) is 13.1 Å². The molecule has 0 aliphatic heterocycles. The molecule has 0 aliphatic carbocycles. The van der Waals surface area contributed by atoms with E-state index < -0.39 is 11.5 Å². The van der Waals surface area contributed by atoms with Crippen LogP contribution in [0.1, 0.15) is 21.7 Å². The predicted octanol–water partition coefficient (Wildman–Crippen LogP) is 2.25. The molecule has 0 radical (unpaired) electrons. The highest BCUT2D eigenvalue weighted by Crippen LogP contribution is 2.16. The predicted molar refractivity (Wildman–Crippen MR) is 90.9 cm³/mol. The Morgan fingerprint density at radius 3 is 2.58 bits per heavy atom. The fourth-order valence-electron chi connectivity index (χ4n) is 2.74. The lowest BCUT2D eigenvalue weighted by atomic mass is 10.1. The van der Waals surface area contributed by atoms with Crippen LogP contribution < -0.4 is 5.56 Å². The first-order valence-corrected chi connectivity index (χ1v) is 7.52. The summed E-state index contributed by atoms with van der Waals surface area (Å²) in [7, 11) is 1.97. The van der Waals surface area contributed by atoms with E-state index >= 15 is 0 Å². The van der Waals surface area contributed by atoms with Gasteiger partial charge in [-0.05, 0) is 24.2 Å². The van der Waals surface area contributed by atoms with Crippen LogP contribution >= 0.6 is 0 Å². The number of H-pyrrole nitrogens is 1. The maximum absolute atomic E-state index is 12.3. The van der Waals surface area contributed by atoms with Crippen LogP contribution in [0.2, 0.25) is 0 Å². The molecule has 0 amide bonds. The Hall–Kier alpha value is -2.99. The number of hydrogen-bond donors (Lipinski definition) is 2. The van der Waals surface area contributed by atoms with Crippen LogP contribution in [0.4, 0.5) is 0 Å². The van der Waals surface area contributed by atoms with Gasteiger partial charge in [0.2, 0.25) is 5.82 Å². The molecule has 0 saturated carbocycles. The van der Waals surface area contributed by atoms with E-state index in [1.54, 1.807) is 12.1 Å². The zero-order chi connectivity index (χ0) is 17.1. The van der Waals surface area contributed by atoms with Crippen molar-refractivity contribution in [3.05, 3.63) is 75.8 Å². The molecule has 0 aliphatic rings. The molecular weight excluding hydrogens is 306 g/mol. The third-order valence-electron chi connectivity index (χ3n) is 3.76. The Kier molecular flexibility index (Phi) is 4.39. The van der Waals surface area contributed by atoms with Crippen LogP contribution in [0.25, 0.3) is 10.9 Å². The maximum atomic E-state index is 12.3. The molecule has 122 valence electrons. The van der Waals surface area contributed by atoms with Gasteiger partial charge in [-0.3, -0.25) is 9.69 Å². The summed E-state index contributed by atoms with van der Waals surface area (Å²) in [5.74, 6) is -1.59. The van der Waals surface area contributed by atoms with Crippen LogP contribution in [-0.2, 0) is 13.1 Å². The molecule has 0 spiro atoms. The van der Waals surface area contributed by atoms with Gasteiger partial charge in [-0.2, -0.15) is 0 Å². The highest BCUT2D eigenvalue weighted by atomic mass is 16.4. The van der Waals surface area contributed by atoms with Gasteiger partial charge in [0.1, 0.15) is 0 Å². The van der Waals surface area contributed by atoms with Gasteiger partial charge in [0.15, 0.2) is 0 Å². The number of benzene rings is 2. The molecular formula is C18H17N3O3. The van der Waals surface area contributed by atoms with Crippen molar-refractivity contribution >= 4 is 16.9 Å². The molecule has 3 rings (SSSR count). The molecule has 0 saturated heterocycles. The van der Waals surface area contributed by atoms with Crippen LogP contribution in [0.3, 0.4) is 0 Å². The second kappa shape index (κ2) is 6.64. The summed E-state index contributed by atoms with van der Waals surface area (Å²) < 4.78 is 0. The Morgan fingerprint density at radius 1 is 1.12 bits per heavy atom. The molecule has 0 bridgehead atoms. The highest BCUT2D eigenvalue weighted by Gasteiger charge is 2.13. The number of aromatic carboxylic acids is 1. The molecule has 0 unspecified atom stereocenters. The number of hydrogen-bond acceptors (Lipinski definition) is 4. The fraction of sp³-hybridized carbons (Fsp3) is 0.167. The van der Waals surface area contributed by atoms with E-state index in [0.717, 1.165) is 12.1 Å². The van der Waals surface area contributed by atoms with Crippen molar-refractivity contribution in [2.24, 2.45) is 0 Å². The number of carboxylic acid groups (broad SMARTS) is 1. The zero-order valence-corrected chi connectivity index (χ0v) is 13.2. The average Bonchev–Trinajstić information content (AvgIpc) is 2.55. The number of fused-ring (bicyclic) bond motifs is 1. The van der Waals surface area contributed by atoms with Crippen LogP contribution in [0.15, 0.2) is 53.3 Å². The van der Waals surface area contributed by atoms with Crippen molar-refractivity contribution in [3.8, 4) is 0 Å². The highest BCUT2D eigenvalue weighted by molar-refractivity contribution is 5.88. The monoisotopic (exact) mass is 323 g/mol. The third-order valence-corrected chi connectivity index (χ3v) is 3.76. The largest absolute Gasteiger partial charge is 0.475 e. The van der Waals surface area contributed by atoms with E-state index in [1.165, 1.54) is 5.56 Å². The molecule has 0 atom stereocenters. The number of aromatic amines is 1. The van der Waals surface area contributed by atoms with Crippen LogP contribution in [-0.4, -0.2) is 33.0 Å². The van der Waals surface area contributed by atoms with Crippen molar-refractivity contribution in [1.29, 1.82) is 0 Å². The van der Waals surface area contributed by atoms with Crippen LogP contribution in [0, 0.1) is 0 Å². The lowest BCUT2D eigenvalue weighted by molar-refractivity contribution is 0.0683. The van der Waals surface area contributed by atoms with E-state index in [0.29, 0.717) is 17.4 Å². The fourth-order valence-corrected chi connectivity index (χ4v) is 2.74.